The zero-order valence-corrected chi connectivity index (χ0v) is 24.4. The Labute approximate surface area is 257 Å². The summed E-state index contributed by atoms with van der Waals surface area (Å²) >= 11 is 0. The van der Waals surface area contributed by atoms with Crippen LogP contribution in [0, 0.1) is 5.82 Å². The van der Waals surface area contributed by atoms with Gasteiger partial charge in [-0.1, -0.05) is 6.07 Å². The third-order valence-corrected chi connectivity index (χ3v) is 8.01. The molecule has 3 aliphatic rings. The van der Waals surface area contributed by atoms with Crippen molar-refractivity contribution in [1.82, 2.24) is 5.32 Å². The van der Waals surface area contributed by atoms with E-state index >= 15 is 0 Å². The number of phenols is 1. The van der Waals surface area contributed by atoms with Gasteiger partial charge in [-0.25, -0.2) is 4.39 Å². The standard InChI is InChI=1S/C31H36FNO12/c1-14(9-10-41-18-6-4-17(32)5-7-18)27-25(38)26(39)31(45-27)44-20-8-3-16(12-19(20)34)11-15(2)30(40)33-21-22(35)24(37)29-28(23(21)36)42-13-43-29/h3-9,11-12,21-29,31,34-39H,10,13H2,1-2H3,(H,33,40)/t21-,22+,23-,24-,25+,26+,27-,28+,29-,31-/m1/s1. The average molecular weight is 634 g/mol. The van der Waals surface area contributed by atoms with Crippen LogP contribution in [0.15, 0.2) is 59.7 Å². The number of hydrogen-bond acceptors (Lipinski definition) is 12. The van der Waals surface area contributed by atoms with Crippen LogP contribution in [0.1, 0.15) is 19.4 Å². The van der Waals surface area contributed by atoms with Gasteiger partial charge in [-0.15, -0.1) is 0 Å². The molecule has 1 saturated carbocycles. The number of carbonyl (C=O) groups excluding carboxylic acids is 1. The molecule has 7 N–H and O–H groups in total. The second-order valence-corrected chi connectivity index (χ2v) is 11.1. The van der Waals surface area contributed by atoms with Crippen molar-refractivity contribution in [2.24, 2.45) is 0 Å². The maximum Gasteiger partial charge on any atom is 0.247 e. The molecule has 0 spiro atoms. The van der Waals surface area contributed by atoms with E-state index in [1.165, 1.54) is 55.5 Å². The zero-order valence-electron chi connectivity index (χ0n) is 24.4. The monoisotopic (exact) mass is 633 g/mol. The van der Waals surface area contributed by atoms with Gasteiger partial charge in [-0.2, -0.15) is 0 Å². The molecular formula is C31H36FNO12. The summed E-state index contributed by atoms with van der Waals surface area (Å²) in [7, 11) is 0. The van der Waals surface area contributed by atoms with Gasteiger partial charge in [-0.3, -0.25) is 4.79 Å². The molecule has 0 bridgehead atoms. The first-order chi connectivity index (χ1) is 21.4. The first kappa shape index (κ1) is 32.8. The van der Waals surface area contributed by atoms with E-state index in [0.717, 1.165) is 0 Å². The summed E-state index contributed by atoms with van der Waals surface area (Å²) in [6.07, 6.45) is -7.95. The lowest BCUT2D eigenvalue weighted by Crippen LogP contribution is -2.67. The van der Waals surface area contributed by atoms with Gasteiger partial charge >= 0.3 is 0 Å². The topological polar surface area (TPSA) is 197 Å². The number of carbonyl (C=O) groups is 1. The highest BCUT2D eigenvalue weighted by molar-refractivity contribution is 5.97. The van der Waals surface area contributed by atoms with Crippen LogP contribution in [0.25, 0.3) is 6.08 Å². The van der Waals surface area contributed by atoms with E-state index in [2.05, 4.69) is 5.32 Å². The second kappa shape index (κ2) is 13.8. The number of halogens is 1. The molecule has 5 rings (SSSR count). The van der Waals surface area contributed by atoms with Crippen LogP contribution in [-0.2, 0) is 19.0 Å². The van der Waals surface area contributed by atoms with Crippen LogP contribution in [0.2, 0.25) is 0 Å². The summed E-state index contributed by atoms with van der Waals surface area (Å²) in [5, 5.41) is 65.5. The number of phenolic OH excluding ortho intramolecular Hbond substituents is 1. The molecule has 2 heterocycles. The van der Waals surface area contributed by atoms with Crippen LogP contribution >= 0.6 is 0 Å². The van der Waals surface area contributed by atoms with E-state index in [9.17, 15) is 39.8 Å². The average Bonchev–Trinajstić information content (AvgIpc) is 3.62. The van der Waals surface area contributed by atoms with Crippen molar-refractivity contribution >= 4 is 12.0 Å². The van der Waals surface area contributed by atoms with Gasteiger partial charge < -0.3 is 59.6 Å². The minimum absolute atomic E-state index is 0.0526. The van der Waals surface area contributed by atoms with E-state index in [-0.39, 0.29) is 36.3 Å². The second-order valence-electron chi connectivity index (χ2n) is 11.1. The molecule has 2 aromatic rings. The van der Waals surface area contributed by atoms with Crippen molar-refractivity contribution in [2.45, 2.75) is 75.0 Å². The molecule has 13 nitrogen and oxygen atoms in total. The highest BCUT2D eigenvalue weighted by atomic mass is 19.1. The summed E-state index contributed by atoms with van der Waals surface area (Å²) in [4.78, 5) is 12.9. The maximum atomic E-state index is 13.1. The maximum absolute atomic E-state index is 13.1. The lowest BCUT2D eigenvalue weighted by atomic mass is 9.83. The van der Waals surface area contributed by atoms with Crippen LogP contribution in [-0.4, -0.2) is 111 Å². The summed E-state index contributed by atoms with van der Waals surface area (Å²) in [5.74, 6) is -0.967. The minimum atomic E-state index is -1.50. The Morgan fingerprint density at radius 1 is 0.956 bits per heavy atom. The van der Waals surface area contributed by atoms with Crippen molar-refractivity contribution in [3.8, 4) is 17.2 Å². The van der Waals surface area contributed by atoms with Crippen molar-refractivity contribution < 1.29 is 63.5 Å². The number of amides is 1. The highest BCUT2D eigenvalue weighted by Crippen LogP contribution is 2.34. The molecule has 0 radical (unpaired) electrons. The molecule has 1 amide bonds. The number of nitrogens with one attached hydrogen (secondary N) is 1. The highest BCUT2D eigenvalue weighted by Gasteiger charge is 2.53. The molecule has 2 saturated heterocycles. The number of benzene rings is 2. The summed E-state index contributed by atoms with van der Waals surface area (Å²) < 4.78 is 40.5. The molecule has 10 atom stereocenters. The van der Waals surface area contributed by atoms with Crippen LogP contribution in [0.5, 0.6) is 17.2 Å². The third-order valence-electron chi connectivity index (χ3n) is 8.01. The molecule has 0 unspecified atom stereocenters. The largest absolute Gasteiger partial charge is 0.504 e. The molecule has 14 heteroatoms. The number of hydrogen-bond donors (Lipinski definition) is 7. The quantitative estimate of drug-likeness (QED) is 0.146. The van der Waals surface area contributed by atoms with Gasteiger partial charge in [0.05, 0.1) is 6.04 Å². The molecule has 2 aliphatic heterocycles. The molecule has 3 fully saturated rings. The Balaban J connectivity index is 1.18. The number of rotatable bonds is 9. The minimum Gasteiger partial charge on any atom is -0.504 e. The number of ether oxygens (including phenoxy) is 5. The summed E-state index contributed by atoms with van der Waals surface area (Å²) in [6, 6.07) is 8.50. The van der Waals surface area contributed by atoms with E-state index in [1.54, 1.807) is 13.0 Å². The first-order valence-electron chi connectivity index (χ1n) is 14.3. The Bertz CT molecular complexity index is 1420. The Morgan fingerprint density at radius 2 is 1.64 bits per heavy atom. The molecule has 244 valence electrons. The molecule has 1 aliphatic carbocycles. The fourth-order valence-corrected chi connectivity index (χ4v) is 5.42. The van der Waals surface area contributed by atoms with Crippen molar-refractivity contribution in [2.75, 3.05) is 13.4 Å². The Kier molecular flexibility index (Phi) is 10.1. The Morgan fingerprint density at radius 3 is 2.33 bits per heavy atom. The lowest BCUT2D eigenvalue weighted by molar-refractivity contribution is -0.155. The van der Waals surface area contributed by atoms with Crippen molar-refractivity contribution in [3.63, 3.8) is 0 Å². The normalized spacial score (nSPS) is 33.5. The van der Waals surface area contributed by atoms with Crippen molar-refractivity contribution in [3.05, 3.63) is 71.1 Å². The number of aliphatic hydroxyl groups excluding tert-OH is 5. The van der Waals surface area contributed by atoms with E-state index in [0.29, 0.717) is 16.9 Å². The van der Waals surface area contributed by atoms with E-state index in [1.807, 2.05) is 0 Å². The number of aliphatic hydroxyl groups is 5. The van der Waals surface area contributed by atoms with Crippen LogP contribution < -0.4 is 14.8 Å². The zero-order chi connectivity index (χ0) is 32.4. The molecule has 0 aromatic heterocycles. The van der Waals surface area contributed by atoms with Gasteiger partial charge in [0, 0.05) is 5.57 Å². The smallest absolute Gasteiger partial charge is 0.247 e. The molecule has 2 aromatic carbocycles. The SMILES string of the molecule is CC(=Cc1ccc(O[C@@H]2O[C@H](C(C)=CCOc3ccc(F)cc3)[C@@H](O)[C@@H]2O)c(O)c1)C(=O)N[C@@H]1[C@H](O)[C@@H](O)[C@H]2OCO[C@H]2[C@@H]1O. The molecule has 45 heavy (non-hydrogen) atoms. The number of aromatic hydroxyl groups is 1. The number of fused-ring (bicyclic) bond motifs is 1. The third kappa shape index (κ3) is 7.13. The predicted molar refractivity (Wildman–Crippen MR) is 153 cm³/mol. The molecular weight excluding hydrogens is 597 g/mol. The lowest BCUT2D eigenvalue weighted by Gasteiger charge is -2.41. The predicted octanol–water partition coefficient (Wildman–Crippen LogP) is 0.108. The summed E-state index contributed by atoms with van der Waals surface area (Å²) in [6.45, 7) is 3.11. The van der Waals surface area contributed by atoms with Gasteiger partial charge in [0.2, 0.25) is 12.2 Å². The summed E-state index contributed by atoms with van der Waals surface area (Å²) in [5.41, 5.74) is 1.12. The van der Waals surface area contributed by atoms with E-state index in [4.69, 9.17) is 23.7 Å². The van der Waals surface area contributed by atoms with Crippen molar-refractivity contribution in [1.29, 1.82) is 0 Å². The fourth-order valence-electron chi connectivity index (χ4n) is 5.42. The fraction of sp³-hybridized carbons (Fsp3) is 0.452. The van der Waals surface area contributed by atoms with Gasteiger partial charge in [0.15, 0.2) is 11.5 Å². The Hall–Kier alpha value is -3.60. The van der Waals surface area contributed by atoms with Crippen LogP contribution in [0.3, 0.4) is 0 Å². The van der Waals surface area contributed by atoms with Gasteiger partial charge in [0.25, 0.3) is 0 Å². The van der Waals surface area contributed by atoms with Gasteiger partial charge in [-0.05, 0) is 73.5 Å². The first-order valence-corrected chi connectivity index (χ1v) is 14.3. The van der Waals surface area contributed by atoms with E-state index < -0.39 is 67.1 Å². The van der Waals surface area contributed by atoms with Gasteiger partial charge in [0.1, 0.15) is 73.8 Å². The van der Waals surface area contributed by atoms with Crippen LogP contribution in [0.4, 0.5) is 4.39 Å².